The predicted molar refractivity (Wildman–Crippen MR) is 605 cm³/mol. The molecule has 0 N–H and O–H groups in total. The molecule has 0 amide bonds. The molecule has 648 valence electrons. The number of aromatic nitrogens is 4. The van der Waals surface area contributed by atoms with Crippen molar-refractivity contribution >= 4 is 221 Å². The molecule has 0 atom stereocenters. The molecule has 0 spiro atoms. The summed E-state index contributed by atoms with van der Waals surface area (Å²) in [4.78, 5) is 21.5. The molecule has 0 aliphatic carbocycles. The van der Waals surface area contributed by atoms with Crippen LogP contribution < -0.4 is 0 Å². The molecule has 0 fully saturated rings. The quantitative estimate of drug-likeness (QED) is 0.115. The number of hydrogen-bond donors (Lipinski definition) is 0. The van der Waals surface area contributed by atoms with Crippen molar-refractivity contribution in [2.24, 2.45) is 0 Å². The molecular weight excluding hydrogens is 1820 g/mol. The summed E-state index contributed by atoms with van der Waals surface area (Å²) >= 11 is 13.0. The van der Waals surface area contributed by atoms with Crippen molar-refractivity contribution in [3.63, 3.8) is 0 Å². The van der Waals surface area contributed by atoms with Crippen LogP contribution >= 0.6 is 79.4 Å². The van der Waals surface area contributed by atoms with Crippen molar-refractivity contribution in [2.45, 2.75) is 0 Å². The number of nitrogens with zero attached hydrogens (tertiary/aromatic N) is 4. The maximum atomic E-state index is 5.50. The minimum Gasteiger partial charge on any atom is -0.228 e. The van der Waals surface area contributed by atoms with Crippen LogP contribution in [0.2, 0.25) is 0 Å². The highest BCUT2D eigenvalue weighted by Crippen LogP contribution is 2.49. The van der Waals surface area contributed by atoms with E-state index in [-0.39, 0.29) is 0 Å². The maximum absolute atomic E-state index is 5.50. The Morgan fingerprint density at radius 3 is 0.504 bits per heavy atom. The number of benzene rings is 20. The highest BCUT2D eigenvalue weighted by molar-refractivity contribution is 7.28. The lowest BCUT2D eigenvalue weighted by Crippen LogP contribution is -1.97. The maximum Gasteiger partial charge on any atom is 0.160 e. The third kappa shape index (κ3) is 14.7. The van der Waals surface area contributed by atoms with E-state index >= 15 is 0 Å². The number of rotatable bonds is 13. The molecule has 9 heterocycles. The van der Waals surface area contributed by atoms with E-state index in [0.29, 0.717) is 11.6 Å². The standard InChI is InChI=1S/C70H40N2S4.C58H34N2S3/c1-2-12-41(13-3-1)70-71-60(50-32-46(42-22-26-66-56(36-42)52-14-4-8-18-62(52)73-66)30-47(33-50)43-23-27-67-57(37-43)53-15-5-9-19-63(53)74-67)40-61(72-70)51-34-48(44-24-28-68-58(38-44)54-16-6-10-20-64(54)75-68)31-49(35-51)45-25-29-69-59(39-45)55-17-7-11-21-65(55)76-69;1-4-10-52-44(7-1)47-31-41(25-28-55(47)61-52)35-13-19-38(20-14-35)50-34-51(39-21-15-36(16-22-39)42-26-29-56-48(32-42)45-8-2-5-11-53(45)62-56)60-58(59-50)40-23-17-37(18-24-40)43-27-30-57-49(33-43)46-9-3-6-12-54(46)63-57/h1-40H;1-34H. The second-order valence-corrected chi connectivity index (χ2v) is 43.4. The predicted octanol–water partition coefficient (Wildman–Crippen LogP) is 39.2. The van der Waals surface area contributed by atoms with Crippen molar-refractivity contribution in [3.05, 3.63) is 449 Å². The molecule has 139 heavy (non-hydrogen) atoms. The zero-order valence-electron chi connectivity index (χ0n) is 74.4. The van der Waals surface area contributed by atoms with Gasteiger partial charge in [0.05, 0.1) is 22.8 Å². The summed E-state index contributed by atoms with van der Waals surface area (Å²) in [7, 11) is 0. The average Bonchev–Trinajstić information content (AvgIpc) is 1.39. The van der Waals surface area contributed by atoms with Gasteiger partial charge in [-0.1, -0.05) is 273 Å². The molecule has 0 unspecified atom stereocenters. The molecule has 4 nitrogen and oxygen atoms in total. The number of thiophene rings is 7. The third-order valence-electron chi connectivity index (χ3n) is 27.4. The summed E-state index contributed by atoms with van der Waals surface area (Å²) in [6, 6.07) is 165. The zero-order valence-corrected chi connectivity index (χ0v) is 80.1. The molecular formula is C128H74N4S7. The van der Waals surface area contributed by atoms with Crippen LogP contribution in [-0.2, 0) is 0 Å². The first-order chi connectivity index (χ1) is 68.7. The van der Waals surface area contributed by atoms with Gasteiger partial charge in [0, 0.05) is 175 Å². The van der Waals surface area contributed by atoms with Gasteiger partial charge in [-0.3, -0.25) is 0 Å². The van der Waals surface area contributed by atoms with Gasteiger partial charge in [-0.15, -0.1) is 79.4 Å². The van der Waals surface area contributed by atoms with E-state index in [0.717, 1.165) is 78.4 Å². The normalized spacial score (nSPS) is 11.9. The molecule has 29 rings (SSSR count). The van der Waals surface area contributed by atoms with Gasteiger partial charge < -0.3 is 0 Å². The van der Waals surface area contributed by atoms with Crippen molar-refractivity contribution < 1.29 is 0 Å². The van der Waals surface area contributed by atoms with Gasteiger partial charge >= 0.3 is 0 Å². The van der Waals surface area contributed by atoms with Crippen molar-refractivity contribution in [2.75, 3.05) is 0 Å². The van der Waals surface area contributed by atoms with Crippen LogP contribution in [0.3, 0.4) is 0 Å². The smallest absolute Gasteiger partial charge is 0.160 e. The second kappa shape index (κ2) is 33.5. The fraction of sp³-hybridized carbons (Fsp3) is 0. The van der Waals surface area contributed by atoms with Gasteiger partial charge in [-0.25, -0.2) is 19.9 Å². The van der Waals surface area contributed by atoms with E-state index in [1.54, 1.807) is 0 Å². The van der Waals surface area contributed by atoms with Crippen LogP contribution in [0.15, 0.2) is 449 Å². The van der Waals surface area contributed by atoms with E-state index in [4.69, 9.17) is 19.9 Å². The largest absolute Gasteiger partial charge is 0.228 e. The molecule has 20 aromatic carbocycles. The van der Waals surface area contributed by atoms with Crippen LogP contribution in [0.25, 0.3) is 287 Å². The van der Waals surface area contributed by atoms with Crippen LogP contribution in [0.5, 0.6) is 0 Å². The summed E-state index contributed by atoms with van der Waals surface area (Å²) in [6.07, 6.45) is 0. The second-order valence-electron chi connectivity index (χ2n) is 35.8. The fourth-order valence-corrected chi connectivity index (χ4v) is 28.0. The van der Waals surface area contributed by atoms with Gasteiger partial charge in [0.1, 0.15) is 0 Å². The minimum atomic E-state index is 0.682. The first-order valence-corrected chi connectivity index (χ1v) is 52.3. The molecule has 0 saturated carbocycles. The molecule has 0 aliphatic heterocycles. The summed E-state index contributed by atoms with van der Waals surface area (Å²) in [5, 5.41) is 18.1. The molecule has 0 radical (unpaired) electrons. The van der Waals surface area contributed by atoms with E-state index in [2.05, 4.69) is 449 Å². The fourth-order valence-electron chi connectivity index (χ4n) is 20.4. The van der Waals surface area contributed by atoms with Gasteiger partial charge in [0.2, 0.25) is 0 Å². The van der Waals surface area contributed by atoms with E-state index in [1.165, 1.54) is 197 Å². The summed E-state index contributed by atoms with van der Waals surface area (Å²) in [5.74, 6) is 1.38. The molecule has 9 aromatic heterocycles. The Morgan fingerprint density at radius 2 is 0.266 bits per heavy atom. The Bertz CT molecular complexity index is 9070. The molecule has 29 aromatic rings. The monoisotopic (exact) mass is 1890 g/mol. The molecule has 11 heteroatoms. The Balaban J connectivity index is 0.000000139. The molecule has 0 bridgehead atoms. The zero-order chi connectivity index (χ0) is 91.3. The average molecular weight is 1890 g/mol. The summed E-state index contributed by atoms with van der Waals surface area (Å²) in [5.41, 5.74) is 26.0. The summed E-state index contributed by atoms with van der Waals surface area (Å²) in [6.45, 7) is 0. The Labute approximate surface area is 827 Å². The topological polar surface area (TPSA) is 51.6 Å². The lowest BCUT2D eigenvalue weighted by molar-refractivity contribution is 1.18. The van der Waals surface area contributed by atoms with Crippen LogP contribution in [0, 0.1) is 0 Å². The van der Waals surface area contributed by atoms with E-state index in [1.807, 2.05) is 79.4 Å². The van der Waals surface area contributed by atoms with E-state index in [9.17, 15) is 0 Å². The van der Waals surface area contributed by atoms with Crippen molar-refractivity contribution in [1.82, 2.24) is 19.9 Å². The molecule has 0 saturated heterocycles. The van der Waals surface area contributed by atoms with Gasteiger partial charge in [0.25, 0.3) is 0 Å². The molecule has 0 aliphatic rings. The first kappa shape index (κ1) is 81.5. The third-order valence-corrected chi connectivity index (χ3v) is 35.5. The number of hydrogen-bond acceptors (Lipinski definition) is 11. The van der Waals surface area contributed by atoms with Crippen molar-refractivity contribution in [1.29, 1.82) is 0 Å². The SMILES string of the molecule is c1ccc(-c2nc(-c3cc(-c4ccc5sc6ccccc6c5c4)cc(-c4ccc5sc6ccccc6c5c4)c3)cc(-c3cc(-c4ccc5sc6ccccc6c5c4)cc(-c4ccc5sc6ccccc6c5c4)c3)n2)cc1.c1ccc2c(c1)sc1ccc(-c3ccc(-c4cc(-c5ccc(-c6ccc7sc8ccccc8c7c6)cc5)nc(-c5ccc(-c6ccc7sc8ccccc8c7c6)cc5)n4)cc3)cc12. The minimum absolute atomic E-state index is 0.682. The first-order valence-electron chi connectivity index (χ1n) is 46.6. The number of fused-ring (bicyclic) bond motifs is 21. The Kier molecular flexibility index (Phi) is 19.6. The van der Waals surface area contributed by atoms with E-state index < -0.39 is 0 Å². The van der Waals surface area contributed by atoms with Crippen LogP contribution in [0.1, 0.15) is 0 Å². The highest BCUT2D eigenvalue weighted by Gasteiger charge is 2.23. The summed E-state index contributed by atoms with van der Waals surface area (Å²) < 4.78 is 18.3. The van der Waals surface area contributed by atoms with Gasteiger partial charge in [0.15, 0.2) is 11.6 Å². The van der Waals surface area contributed by atoms with Crippen LogP contribution in [-0.4, -0.2) is 19.9 Å². The van der Waals surface area contributed by atoms with Crippen molar-refractivity contribution in [3.8, 4) is 146 Å². The Morgan fingerprint density at radius 1 is 0.101 bits per heavy atom. The van der Waals surface area contributed by atoms with Crippen LogP contribution in [0.4, 0.5) is 0 Å². The van der Waals surface area contributed by atoms with Gasteiger partial charge in [-0.2, -0.15) is 0 Å². The van der Waals surface area contributed by atoms with Gasteiger partial charge in [-0.05, 0) is 254 Å². The lowest BCUT2D eigenvalue weighted by atomic mass is 9.92. The lowest BCUT2D eigenvalue weighted by Gasteiger charge is -2.15. The highest BCUT2D eigenvalue weighted by atomic mass is 32.1. The Hall–Kier alpha value is -15.9.